The minimum atomic E-state index is -0.200. The van der Waals surface area contributed by atoms with Gasteiger partial charge in [0.05, 0.1) is 0 Å². The number of pyridine rings is 1. The Morgan fingerprint density at radius 1 is 1.15 bits per heavy atom. The molecule has 3 rings (SSSR count). The Bertz CT molecular complexity index is 897. The predicted octanol–water partition coefficient (Wildman–Crippen LogP) is 4.59. The molecule has 0 fully saturated rings. The van der Waals surface area contributed by atoms with Crippen LogP contribution < -0.4 is 5.32 Å². The molecule has 5 heteroatoms. The molecule has 0 saturated heterocycles. The zero-order valence-corrected chi connectivity index (χ0v) is 15.8. The minimum absolute atomic E-state index is 0.0699. The van der Waals surface area contributed by atoms with E-state index in [1.807, 2.05) is 37.3 Å². The molecule has 4 nitrogen and oxygen atoms in total. The molecule has 0 spiro atoms. The second-order valence-corrected chi connectivity index (χ2v) is 6.92. The van der Waals surface area contributed by atoms with Crippen LogP contribution in [0.15, 0.2) is 67.0 Å². The molecule has 3 aromatic rings. The van der Waals surface area contributed by atoms with E-state index in [-0.39, 0.29) is 24.0 Å². The van der Waals surface area contributed by atoms with E-state index in [0.29, 0.717) is 11.6 Å². The van der Waals surface area contributed by atoms with E-state index in [0.717, 1.165) is 22.3 Å². The maximum absolute atomic E-state index is 12.6. The number of phenolic OH excluding ortho intramolecular Hbond substituents is 1. The summed E-state index contributed by atoms with van der Waals surface area (Å²) in [6.45, 7) is 2.42. The largest absolute Gasteiger partial charge is 0.508 e. The van der Waals surface area contributed by atoms with Crippen LogP contribution in [-0.4, -0.2) is 16.0 Å². The summed E-state index contributed by atoms with van der Waals surface area (Å²) in [5.41, 5.74) is 3.88. The van der Waals surface area contributed by atoms with Gasteiger partial charge < -0.3 is 10.4 Å². The van der Waals surface area contributed by atoms with Crippen LogP contribution in [0.4, 0.5) is 0 Å². The molecule has 1 aromatic heterocycles. The van der Waals surface area contributed by atoms with Gasteiger partial charge in [-0.25, -0.2) is 0 Å². The number of aromatic hydroxyl groups is 1. The Hall–Kier alpha value is -2.85. The number of carbonyl (C=O) groups excluding carboxylic acids is 1. The fraction of sp³-hybridized carbons (Fsp3) is 0.182. The number of amides is 1. The number of hydrogen-bond acceptors (Lipinski definition) is 3. The Labute approximate surface area is 163 Å². The van der Waals surface area contributed by atoms with Crippen molar-refractivity contribution in [3.63, 3.8) is 0 Å². The van der Waals surface area contributed by atoms with Crippen molar-refractivity contribution >= 4 is 17.5 Å². The Balaban J connectivity index is 1.79. The summed E-state index contributed by atoms with van der Waals surface area (Å²) >= 11 is 6.15. The molecule has 0 saturated carbocycles. The van der Waals surface area contributed by atoms with Crippen molar-refractivity contribution in [2.75, 3.05) is 0 Å². The Morgan fingerprint density at radius 3 is 2.59 bits per heavy atom. The van der Waals surface area contributed by atoms with E-state index in [2.05, 4.69) is 10.3 Å². The lowest BCUT2D eigenvalue weighted by Crippen LogP contribution is -2.25. The number of rotatable bonds is 6. The van der Waals surface area contributed by atoms with Crippen molar-refractivity contribution in [1.82, 2.24) is 10.3 Å². The fourth-order valence-corrected chi connectivity index (χ4v) is 3.24. The second-order valence-electron chi connectivity index (χ2n) is 6.49. The number of carbonyl (C=O) groups is 1. The smallest absolute Gasteiger partial charge is 0.221 e. The second kappa shape index (κ2) is 8.69. The number of nitrogens with one attached hydrogen (secondary N) is 1. The van der Waals surface area contributed by atoms with E-state index in [9.17, 15) is 9.90 Å². The van der Waals surface area contributed by atoms with E-state index < -0.39 is 0 Å². The van der Waals surface area contributed by atoms with E-state index in [1.54, 1.807) is 36.7 Å². The van der Waals surface area contributed by atoms with Crippen molar-refractivity contribution in [2.45, 2.75) is 25.8 Å². The highest BCUT2D eigenvalue weighted by Crippen LogP contribution is 2.31. The van der Waals surface area contributed by atoms with E-state index in [1.165, 1.54) is 0 Å². The molecule has 2 N–H and O–H groups in total. The van der Waals surface area contributed by atoms with Crippen LogP contribution in [0.25, 0.3) is 0 Å². The SMILES string of the molecule is Cc1cnccc1CNC(=O)C[C@@H](c1cccc(O)c1)c1cccc(Cl)c1. The van der Waals surface area contributed by atoms with Crippen molar-refractivity contribution in [3.05, 3.63) is 94.3 Å². The van der Waals surface area contributed by atoms with Gasteiger partial charge in [-0.05, 0) is 59.5 Å². The van der Waals surface area contributed by atoms with Crippen molar-refractivity contribution in [3.8, 4) is 5.75 Å². The molecule has 1 atom stereocenters. The van der Waals surface area contributed by atoms with Gasteiger partial charge >= 0.3 is 0 Å². The zero-order valence-electron chi connectivity index (χ0n) is 15.0. The normalized spacial score (nSPS) is 11.8. The Kier molecular flexibility index (Phi) is 6.09. The number of hydrogen-bond donors (Lipinski definition) is 2. The quantitative estimate of drug-likeness (QED) is 0.657. The first-order chi connectivity index (χ1) is 13.0. The molecule has 27 heavy (non-hydrogen) atoms. The number of nitrogens with zero attached hydrogens (tertiary/aromatic N) is 1. The first-order valence-electron chi connectivity index (χ1n) is 8.73. The van der Waals surface area contributed by atoms with Crippen LogP contribution in [0.2, 0.25) is 5.02 Å². The highest BCUT2D eigenvalue weighted by Gasteiger charge is 2.19. The summed E-state index contributed by atoms with van der Waals surface area (Å²) in [7, 11) is 0. The number of aryl methyl sites for hydroxylation is 1. The molecule has 1 heterocycles. The monoisotopic (exact) mass is 380 g/mol. The van der Waals surface area contributed by atoms with E-state index in [4.69, 9.17) is 11.6 Å². The highest BCUT2D eigenvalue weighted by atomic mass is 35.5. The van der Waals surface area contributed by atoms with Crippen LogP contribution in [0, 0.1) is 6.92 Å². The van der Waals surface area contributed by atoms with Crippen molar-refractivity contribution in [2.24, 2.45) is 0 Å². The summed E-state index contributed by atoms with van der Waals surface area (Å²) in [6.07, 6.45) is 3.76. The third-order valence-corrected chi connectivity index (χ3v) is 4.76. The lowest BCUT2D eigenvalue weighted by atomic mass is 9.88. The van der Waals surface area contributed by atoms with Gasteiger partial charge in [-0.15, -0.1) is 0 Å². The van der Waals surface area contributed by atoms with Crippen LogP contribution in [-0.2, 0) is 11.3 Å². The maximum atomic E-state index is 12.6. The summed E-state index contributed by atoms with van der Waals surface area (Å²) in [5.74, 6) is -0.0961. The molecule has 0 aliphatic heterocycles. The van der Waals surface area contributed by atoms with Crippen LogP contribution >= 0.6 is 11.6 Å². The maximum Gasteiger partial charge on any atom is 0.221 e. The number of halogens is 1. The van der Waals surface area contributed by atoms with Gasteiger partial charge in [-0.1, -0.05) is 35.9 Å². The Morgan fingerprint density at radius 2 is 1.89 bits per heavy atom. The highest BCUT2D eigenvalue weighted by molar-refractivity contribution is 6.30. The van der Waals surface area contributed by atoms with Gasteiger partial charge in [0.25, 0.3) is 0 Å². The average molecular weight is 381 g/mol. The molecule has 0 radical (unpaired) electrons. The number of phenols is 1. The molecule has 0 unspecified atom stereocenters. The van der Waals surface area contributed by atoms with Gasteiger partial charge in [0.15, 0.2) is 0 Å². The average Bonchev–Trinajstić information content (AvgIpc) is 2.65. The molecule has 0 aliphatic carbocycles. The topological polar surface area (TPSA) is 62.2 Å². The molecular formula is C22H21ClN2O2. The molecule has 0 bridgehead atoms. The number of aromatic nitrogens is 1. The lowest BCUT2D eigenvalue weighted by molar-refractivity contribution is -0.121. The van der Waals surface area contributed by atoms with Crippen molar-refractivity contribution in [1.29, 1.82) is 0 Å². The van der Waals surface area contributed by atoms with Crippen molar-refractivity contribution < 1.29 is 9.90 Å². The van der Waals surface area contributed by atoms with Crippen LogP contribution in [0.5, 0.6) is 5.75 Å². The summed E-state index contributed by atoms with van der Waals surface area (Å²) in [6, 6.07) is 16.4. The van der Waals surface area contributed by atoms with Gasteiger partial charge in [-0.3, -0.25) is 9.78 Å². The lowest BCUT2D eigenvalue weighted by Gasteiger charge is -2.18. The molecule has 0 aliphatic rings. The fourth-order valence-electron chi connectivity index (χ4n) is 3.04. The van der Waals surface area contributed by atoms with Crippen LogP contribution in [0.1, 0.15) is 34.6 Å². The zero-order chi connectivity index (χ0) is 19.2. The molecule has 2 aromatic carbocycles. The summed E-state index contributed by atoms with van der Waals surface area (Å²) < 4.78 is 0. The third kappa shape index (κ3) is 5.08. The molecule has 138 valence electrons. The summed E-state index contributed by atoms with van der Waals surface area (Å²) in [4.78, 5) is 16.7. The molecular weight excluding hydrogens is 360 g/mol. The first-order valence-corrected chi connectivity index (χ1v) is 9.11. The minimum Gasteiger partial charge on any atom is -0.508 e. The predicted molar refractivity (Wildman–Crippen MR) is 107 cm³/mol. The third-order valence-electron chi connectivity index (χ3n) is 4.53. The van der Waals surface area contributed by atoms with Gasteiger partial charge in [-0.2, -0.15) is 0 Å². The first kappa shape index (κ1) is 18.9. The van der Waals surface area contributed by atoms with Gasteiger partial charge in [0.2, 0.25) is 5.91 Å². The van der Waals surface area contributed by atoms with E-state index >= 15 is 0 Å². The van der Waals surface area contributed by atoms with Gasteiger partial charge in [0, 0.05) is 36.3 Å². The standard InChI is InChI=1S/C22H21ClN2O2/c1-15-13-24-9-8-18(15)14-25-22(27)12-21(16-4-2-6-19(23)10-16)17-5-3-7-20(26)11-17/h2-11,13,21,26H,12,14H2,1H3,(H,25,27)/t21-/m1/s1. The molecule has 1 amide bonds. The van der Waals surface area contributed by atoms with Gasteiger partial charge in [0.1, 0.15) is 5.75 Å². The summed E-state index contributed by atoms with van der Waals surface area (Å²) in [5, 5.41) is 13.4. The number of benzene rings is 2. The van der Waals surface area contributed by atoms with Crippen LogP contribution in [0.3, 0.4) is 0 Å².